The Labute approximate surface area is 168 Å². The number of likely N-dealkylation sites (tertiary alicyclic amines) is 1. The van der Waals surface area contributed by atoms with E-state index >= 15 is 0 Å². The van der Waals surface area contributed by atoms with Gasteiger partial charge in [0.1, 0.15) is 0 Å². The molecule has 1 heterocycles. The van der Waals surface area contributed by atoms with Gasteiger partial charge in [-0.3, -0.25) is 16.0 Å². The standard InChI is InChI=1S/C17H28NO5.U/c1-21-16(20)10-7-5-4-6-9-15-17(22-2,23-3)11-13-18(15)12-8-14-19;/h4,6,15H,5,7-13H2,1-3H3;/q-1;/b6-4-;/t15-;/m0./s1. The summed E-state index contributed by atoms with van der Waals surface area (Å²) in [5.41, 5.74) is 0. The summed E-state index contributed by atoms with van der Waals surface area (Å²) in [4.78, 5) is 23.8. The first kappa shape index (κ1) is 23.8. The summed E-state index contributed by atoms with van der Waals surface area (Å²) in [6.45, 7) is 1.50. The third kappa shape index (κ3) is 6.97. The first-order valence-corrected chi connectivity index (χ1v) is 8.04. The zero-order valence-electron chi connectivity index (χ0n) is 14.9. The van der Waals surface area contributed by atoms with Gasteiger partial charge in [0.25, 0.3) is 0 Å². The van der Waals surface area contributed by atoms with Gasteiger partial charge in [-0.2, -0.15) is 0 Å². The van der Waals surface area contributed by atoms with Gasteiger partial charge in [-0.05, 0) is 25.8 Å². The number of ether oxygens (including phenoxy) is 3. The van der Waals surface area contributed by atoms with Gasteiger partial charge < -0.3 is 19.0 Å². The Kier molecular flexibility index (Phi) is 13.0. The number of carbonyl (C=O) groups is 1. The predicted octanol–water partition coefficient (Wildman–Crippen LogP) is 1.84. The van der Waals surface area contributed by atoms with Crippen molar-refractivity contribution in [3.8, 4) is 0 Å². The second-order valence-electron chi connectivity index (χ2n) is 5.59. The Balaban J connectivity index is 0.00000529. The van der Waals surface area contributed by atoms with Gasteiger partial charge in [0.2, 0.25) is 0 Å². The molecular formula is C17H28NO5U-. The number of nitrogens with zero attached hydrogens (tertiary/aromatic N) is 1. The molecule has 6 nitrogen and oxygen atoms in total. The molecule has 0 aromatic carbocycles. The van der Waals surface area contributed by atoms with Crippen LogP contribution in [0.15, 0.2) is 12.2 Å². The fourth-order valence-corrected chi connectivity index (χ4v) is 3.05. The van der Waals surface area contributed by atoms with Gasteiger partial charge in [-0.1, -0.05) is 12.2 Å². The molecule has 0 aromatic rings. The minimum atomic E-state index is -0.626. The molecule has 0 N–H and O–H groups in total. The van der Waals surface area contributed by atoms with Crippen molar-refractivity contribution in [1.29, 1.82) is 0 Å². The number of carbonyl (C=O) groups excluding carboxylic acids is 2. The van der Waals surface area contributed by atoms with Gasteiger partial charge in [0, 0.05) is 64.7 Å². The van der Waals surface area contributed by atoms with E-state index in [1.807, 2.05) is 6.29 Å². The SMILES string of the molecule is COC(=O)CCC/C=C\C[C@@H]1N(CC[C-]=O)CCC1(OC)OC.[U]. The summed E-state index contributed by atoms with van der Waals surface area (Å²) in [6.07, 6.45) is 10.1. The van der Waals surface area contributed by atoms with Crippen LogP contribution in [0.3, 0.4) is 0 Å². The van der Waals surface area contributed by atoms with Gasteiger partial charge >= 0.3 is 5.97 Å². The molecule has 1 aliphatic heterocycles. The van der Waals surface area contributed by atoms with E-state index in [0.717, 1.165) is 32.2 Å². The number of unbranched alkanes of at least 4 members (excludes halogenated alkanes) is 1. The maximum atomic E-state index is 11.0. The van der Waals surface area contributed by atoms with Crippen LogP contribution in [-0.4, -0.2) is 63.4 Å². The van der Waals surface area contributed by atoms with Gasteiger partial charge in [0.15, 0.2) is 5.79 Å². The van der Waals surface area contributed by atoms with Crippen molar-refractivity contribution in [3.05, 3.63) is 12.2 Å². The molecule has 1 saturated heterocycles. The number of esters is 1. The van der Waals surface area contributed by atoms with Gasteiger partial charge in [0.05, 0.1) is 13.2 Å². The Morgan fingerprint density at radius 1 is 1.29 bits per heavy atom. The molecular weight excluding hydrogens is 536 g/mol. The quantitative estimate of drug-likeness (QED) is 0.126. The molecule has 0 unspecified atom stereocenters. The summed E-state index contributed by atoms with van der Waals surface area (Å²) in [5, 5.41) is 0. The van der Waals surface area contributed by atoms with Crippen LogP contribution in [0.5, 0.6) is 0 Å². The van der Waals surface area contributed by atoms with Crippen LogP contribution in [-0.2, 0) is 23.8 Å². The Bertz CT molecular complexity index is 398. The van der Waals surface area contributed by atoms with Gasteiger partial charge in [-0.25, -0.2) is 0 Å². The second-order valence-corrected chi connectivity index (χ2v) is 5.59. The predicted molar refractivity (Wildman–Crippen MR) is 86.7 cm³/mol. The average molecular weight is 564 g/mol. The number of rotatable bonds is 11. The van der Waals surface area contributed by atoms with Crippen molar-refractivity contribution in [2.75, 3.05) is 34.4 Å². The molecule has 7 heteroatoms. The van der Waals surface area contributed by atoms with Crippen LogP contribution in [0.4, 0.5) is 0 Å². The average Bonchev–Trinajstić information content (AvgIpc) is 2.93. The van der Waals surface area contributed by atoms with Crippen LogP contribution in [0, 0.1) is 31.1 Å². The first-order chi connectivity index (χ1) is 11.1. The molecule has 0 amide bonds. The molecule has 0 spiro atoms. The molecule has 0 saturated carbocycles. The maximum Gasteiger partial charge on any atom is 0.305 e. The summed E-state index contributed by atoms with van der Waals surface area (Å²) in [7, 11) is 4.72. The molecule has 0 bridgehead atoms. The minimum Gasteiger partial charge on any atom is -0.542 e. The zero-order chi connectivity index (χ0) is 17.1. The monoisotopic (exact) mass is 564 g/mol. The summed E-state index contributed by atoms with van der Waals surface area (Å²) in [6, 6.07) is 0.0720. The largest absolute Gasteiger partial charge is 0.542 e. The molecule has 1 rings (SSSR count). The van der Waals surface area contributed by atoms with E-state index in [1.54, 1.807) is 14.2 Å². The van der Waals surface area contributed by atoms with E-state index in [1.165, 1.54) is 7.11 Å². The van der Waals surface area contributed by atoms with Crippen molar-refractivity contribution in [2.45, 2.75) is 50.4 Å². The summed E-state index contributed by atoms with van der Waals surface area (Å²) >= 11 is 0. The van der Waals surface area contributed by atoms with Crippen molar-refractivity contribution < 1.29 is 54.9 Å². The van der Waals surface area contributed by atoms with E-state index in [9.17, 15) is 9.59 Å². The fraction of sp³-hybridized carbons (Fsp3) is 0.765. The molecule has 1 fully saturated rings. The first-order valence-electron chi connectivity index (χ1n) is 8.04. The number of allylic oxidation sites excluding steroid dienone is 1. The normalized spacial score (nSPS) is 20.0. The molecule has 0 aliphatic carbocycles. The smallest absolute Gasteiger partial charge is 0.305 e. The van der Waals surface area contributed by atoms with E-state index in [4.69, 9.17) is 9.47 Å². The third-order valence-corrected chi connectivity index (χ3v) is 4.39. The van der Waals surface area contributed by atoms with E-state index in [2.05, 4.69) is 21.8 Å². The Morgan fingerprint density at radius 2 is 2.00 bits per heavy atom. The Morgan fingerprint density at radius 3 is 2.58 bits per heavy atom. The third-order valence-electron chi connectivity index (χ3n) is 4.39. The van der Waals surface area contributed by atoms with Crippen LogP contribution in [0.1, 0.15) is 38.5 Å². The molecule has 24 heavy (non-hydrogen) atoms. The van der Waals surface area contributed by atoms with Gasteiger partial charge in [-0.15, -0.1) is 6.42 Å². The summed E-state index contributed by atoms with van der Waals surface area (Å²) in [5.74, 6) is -0.803. The zero-order valence-corrected chi connectivity index (χ0v) is 19.0. The van der Waals surface area contributed by atoms with Crippen LogP contribution >= 0.6 is 0 Å². The van der Waals surface area contributed by atoms with E-state index in [-0.39, 0.29) is 43.1 Å². The number of hydrogen-bond acceptors (Lipinski definition) is 6. The van der Waals surface area contributed by atoms with E-state index < -0.39 is 5.79 Å². The molecule has 136 valence electrons. The molecule has 1 atom stereocenters. The number of methoxy groups -OCH3 is 3. The van der Waals surface area contributed by atoms with Crippen molar-refractivity contribution >= 4 is 12.3 Å². The maximum absolute atomic E-state index is 11.0. The summed E-state index contributed by atoms with van der Waals surface area (Å²) < 4.78 is 15.9. The van der Waals surface area contributed by atoms with Crippen molar-refractivity contribution in [2.24, 2.45) is 0 Å². The topological polar surface area (TPSA) is 65.1 Å². The van der Waals surface area contributed by atoms with Crippen LogP contribution < -0.4 is 0 Å². The van der Waals surface area contributed by atoms with Crippen LogP contribution in [0.25, 0.3) is 0 Å². The van der Waals surface area contributed by atoms with Crippen LogP contribution in [0.2, 0.25) is 0 Å². The molecule has 0 radical (unpaired) electrons. The number of hydrogen-bond donors (Lipinski definition) is 0. The Hall–Kier alpha value is -0.188. The van der Waals surface area contributed by atoms with E-state index in [0.29, 0.717) is 19.4 Å². The van der Waals surface area contributed by atoms with Crippen molar-refractivity contribution in [3.63, 3.8) is 0 Å². The van der Waals surface area contributed by atoms with Crippen molar-refractivity contribution in [1.82, 2.24) is 4.90 Å². The second kappa shape index (κ2) is 13.1. The fourth-order valence-electron chi connectivity index (χ4n) is 3.05. The minimum absolute atomic E-state index is 0. The molecule has 1 aliphatic rings. The molecule has 0 aromatic heterocycles.